The second-order valence-electron chi connectivity index (χ2n) is 8.53. The van der Waals surface area contributed by atoms with Crippen molar-refractivity contribution < 1.29 is 28.5 Å². The molecule has 1 saturated carbocycles. The first-order chi connectivity index (χ1) is 15.3. The molecule has 0 spiro atoms. The van der Waals surface area contributed by atoms with E-state index in [0.29, 0.717) is 11.3 Å². The van der Waals surface area contributed by atoms with E-state index in [1.807, 2.05) is 18.2 Å². The van der Waals surface area contributed by atoms with Gasteiger partial charge in [0.05, 0.1) is 11.3 Å². The Morgan fingerprint density at radius 1 is 1.22 bits per heavy atom. The van der Waals surface area contributed by atoms with E-state index < -0.39 is 18.7 Å². The van der Waals surface area contributed by atoms with Crippen LogP contribution in [0.25, 0.3) is 11.1 Å². The highest BCUT2D eigenvalue weighted by Crippen LogP contribution is 2.51. The highest BCUT2D eigenvalue weighted by Gasteiger charge is 2.40. The molecule has 168 valence electrons. The number of carboxylic acids is 1. The highest BCUT2D eigenvalue weighted by atomic mass is 19.3. The van der Waals surface area contributed by atoms with Gasteiger partial charge in [-0.05, 0) is 49.4 Å². The van der Waals surface area contributed by atoms with Crippen LogP contribution < -0.4 is 15.0 Å². The Morgan fingerprint density at radius 2 is 1.97 bits per heavy atom. The largest absolute Gasteiger partial charge is 0.478 e. The number of fused-ring (bicyclic) bond motifs is 2. The van der Waals surface area contributed by atoms with Crippen molar-refractivity contribution >= 4 is 11.7 Å². The molecule has 2 aromatic carbocycles. The molecule has 5 rings (SSSR count). The summed E-state index contributed by atoms with van der Waals surface area (Å²) in [6, 6.07) is 9.34. The predicted octanol–water partition coefficient (Wildman–Crippen LogP) is 4.15. The number of aliphatic hydroxyl groups is 1. The van der Waals surface area contributed by atoms with Crippen LogP contribution in [-0.2, 0) is 11.2 Å². The van der Waals surface area contributed by atoms with Crippen molar-refractivity contribution in [1.29, 1.82) is 0 Å². The molecule has 1 aliphatic carbocycles. The van der Waals surface area contributed by atoms with Gasteiger partial charge in [-0.25, -0.2) is 4.79 Å². The number of ether oxygens (including phenoxy) is 1. The van der Waals surface area contributed by atoms with Gasteiger partial charge in [0.2, 0.25) is 0 Å². The SMILES string of the molecule is CC1NCCc2cc(-c3ccc4c(c3OC(F)F)N(C3CC3)C=C(C(=O)O)C4O)ccc21. The van der Waals surface area contributed by atoms with Gasteiger partial charge in [0.25, 0.3) is 0 Å². The van der Waals surface area contributed by atoms with Gasteiger partial charge < -0.3 is 25.2 Å². The lowest BCUT2D eigenvalue weighted by Gasteiger charge is -2.34. The van der Waals surface area contributed by atoms with E-state index in [-0.39, 0.29) is 29.0 Å². The summed E-state index contributed by atoms with van der Waals surface area (Å²) < 4.78 is 32.1. The van der Waals surface area contributed by atoms with Crippen molar-refractivity contribution in [3.63, 3.8) is 0 Å². The summed E-state index contributed by atoms with van der Waals surface area (Å²) in [7, 11) is 0. The number of alkyl halides is 2. The van der Waals surface area contributed by atoms with Gasteiger partial charge in [0, 0.05) is 29.4 Å². The zero-order valence-corrected chi connectivity index (χ0v) is 17.5. The maximum absolute atomic E-state index is 13.5. The third-order valence-corrected chi connectivity index (χ3v) is 6.45. The maximum atomic E-state index is 13.5. The number of halogens is 2. The average molecular weight is 442 g/mol. The maximum Gasteiger partial charge on any atom is 0.387 e. The van der Waals surface area contributed by atoms with Crippen molar-refractivity contribution in [1.82, 2.24) is 5.32 Å². The molecule has 0 amide bonds. The number of rotatable bonds is 5. The number of nitrogens with zero attached hydrogens (tertiary/aromatic N) is 1. The highest BCUT2D eigenvalue weighted by molar-refractivity contribution is 5.93. The predicted molar refractivity (Wildman–Crippen MR) is 115 cm³/mol. The Hall–Kier alpha value is -2.97. The van der Waals surface area contributed by atoms with Crippen LogP contribution in [0.2, 0.25) is 0 Å². The number of carboxylic acid groups (broad SMARTS) is 1. The molecule has 2 atom stereocenters. The minimum absolute atomic E-state index is 0.0127. The van der Waals surface area contributed by atoms with E-state index >= 15 is 0 Å². The molecule has 3 aliphatic rings. The van der Waals surface area contributed by atoms with Crippen LogP contribution in [0.3, 0.4) is 0 Å². The monoisotopic (exact) mass is 442 g/mol. The first-order valence-electron chi connectivity index (χ1n) is 10.7. The fourth-order valence-electron chi connectivity index (χ4n) is 4.72. The van der Waals surface area contributed by atoms with Gasteiger partial charge in [0.1, 0.15) is 6.10 Å². The molecule has 0 aromatic heterocycles. The molecule has 2 unspecified atom stereocenters. The molecule has 0 radical (unpaired) electrons. The normalized spacial score (nSPS) is 22.3. The Balaban J connectivity index is 1.69. The van der Waals surface area contributed by atoms with Crippen molar-refractivity contribution in [3.05, 3.63) is 58.8 Å². The summed E-state index contributed by atoms with van der Waals surface area (Å²) in [6.07, 6.45) is 2.38. The summed E-state index contributed by atoms with van der Waals surface area (Å²) in [5.74, 6) is -1.28. The van der Waals surface area contributed by atoms with Crippen molar-refractivity contribution in [3.8, 4) is 16.9 Å². The molecule has 1 fully saturated rings. The number of aliphatic hydroxyl groups excluding tert-OH is 1. The van der Waals surface area contributed by atoms with Crippen LogP contribution in [-0.4, -0.2) is 35.4 Å². The van der Waals surface area contributed by atoms with Crippen molar-refractivity contribution in [2.24, 2.45) is 0 Å². The van der Waals surface area contributed by atoms with Gasteiger partial charge in [0.15, 0.2) is 5.75 Å². The lowest BCUT2D eigenvalue weighted by Crippen LogP contribution is -2.30. The fourth-order valence-corrected chi connectivity index (χ4v) is 4.72. The van der Waals surface area contributed by atoms with Crippen LogP contribution in [0.1, 0.15) is 48.6 Å². The van der Waals surface area contributed by atoms with E-state index in [0.717, 1.165) is 36.9 Å². The van der Waals surface area contributed by atoms with Crippen LogP contribution >= 0.6 is 0 Å². The second-order valence-corrected chi connectivity index (χ2v) is 8.53. The molecule has 3 N–H and O–H groups in total. The Kier molecular flexibility index (Phi) is 5.14. The molecular weight excluding hydrogens is 418 g/mol. The van der Waals surface area contributed by atoms with E-state index in [1.54, 1.807) is 17.0 Å². The molecule has 8 heteroatoms. The summed E-state index contributed by atoms with van der Waals surface area (Å²) in [4.78, 5) is 13.3. The number of aliphatic carboxylic acids is 1. The third kappa shape index (κ3) is 3.53. The van der Waals surface area contributed by atoms with Crippen LogP contribution in [0.4, 0.5) is 14.5 Å². The van der Waals surface area contributed by atoms with Crippen LogP contribution in [0.15, 0.2) is 42.1 Å². The number of hydrogen-bond acceptors (Lipinski definition) is 5. The zero-order chi connectivity index (χ0) is 22.6. The molecule has 32 heavy (non-hydrogen) atoms. The quantitative estimate of drug-likeness (QED) is 0.646. The topological polar surface area (TPSA) is 82.0 Å². The first-order valence-corrected chi connectivity index (χ1v) is 10.7. The lowest BCUT2D eigenvalue weighted by atomic mass is 9.89. The molecule has 0 bridgehead atoms. The van der Waals surface area contributed by atoms with Gasteiger partial charge in [-0.1, -0.05) is 30.3 Å². The van der Waals surface area contributed by atoms with Gasteiger partial charge in [-0.15, -0.1) is 0 Å². The van der Waals surface area contributed by atoms with Gasteiger partial charge >= 0.3 is 12.6 Å². The van der Waals surface area contributed by atoms with E-state index in [1.165, 1.54) is 11.8 Å². The minimum atomic E-state index is -3.06. The lowest BCUT2D eigenvalue weighted by molar-refractivity contribution is -0.133. The number of anilines is 1. The molecular formula is C24H24F2N2O4. The van der Waals surface area contributed by atoms with Crippen LogP contribution in [0, 0.1) is 0 Å². The first kappa shape index (κ1) is 20.9. The summed E-state index contributed by atoms with van der Waals surface area (Å²) in [5, 5.41) is 23.6. The van der Waals surface area contributed by atoms with E-state index in [9.17, 15) is 23.8 Å². The van der Waals surface area contributed by atoms with Gasteiger partial charge in [-0.3, -0.25) is 0 Å². The number of carbonyl (C=O) groups is 1. The summed E-state index contributed by atoms with van der Waals surface area (Å²) in [6.45, 7) is -0.138. The Bertz CT molecular complexity index is 1110. The molecule has 0 saturated heterocycles. The molecule has 2 aliphatic heterocycles. The van der Waals surface area contributed by atoms with Crippen molar-refractivity contribution in [2.45, 2.75) is 51.0 Å². The fraction of sp³-hybridized carbons (Fsp3) is 0.375. The van der Waals surface area contributed by atoms with Gasteiger partial charge in [-0.2, -0.15) is 8.78 Å². The van der Waals surface area contributed by atoms with Crippen molar-refractivity contribution in [2.75, 3.05) is 11.4 Å². The number of hydrogen-bond donors (Lipinski definition) is 3. The number of nitrogens with one attached hydrogen (secondary N) is 1. The average Bonchev–Trinajstić information content (AvgIpc) is 3.59. The number of benzene rings is 2. The molecule has 6 nitrogen and oxygen atoms in total. The minimum Gasteiger partial charge on any atom is -0.478 e. The Labute approximate surface area is 184 Å². The Morgan fingerprint density at radius 3 is 2.66 bits per heavy atom. The summed E-state index contributed by atoms with van der Waals surface area (Å²) >= 11 is 0. The molecule has 2 heterocycles. The third-order valence-electron chi connectivity index (χ3n) is 6.45. The standard InChI is InChI=1S/C24H24F2N2O4/c1-12-16-5-2-13(10-14(16)8-9-27-12)17-6-7-18-20(22(17)32-24(25)26)28(15-3-4-15)11-19(21(18)29)23(30)31/h2,5-7,10-12,15,21,24,27,29H,3-4,8-9H2,1H3,(H,30,31). The second kappa shape index (κ2) is 7.86. The van der Waals surface area contributed by atoms with E-state index in [4.69, 9.17) is 4.74 Å². The summed E-state index contributed by atoms with van der Waals surface area (Å²) in [5.41, 5.74) is 3.95. The van der Waals surface area contributed by atoms with E-state index in [2.05, 4.69) is 12.2 Å². The van der Waals surface area contributed by atoms with Crippen LogP contribution in [0.5, 0.6) is 5.75 Å². The zero-order valence-electron chi connectivity index (χ0n) is 17.5. The molecule has 2 aromatic rings. The smallest absolute Gasteiger partial charge is 0.387 e.